The van der Waals surface area contributed by atoms with Crippen LogP contribution in [-0.2, 0) is 11.2 Å². The number of para-hydroxylation sites is 1. The maximum atomic E-state index is 13.0. The Balaban J connectivity index is 1.87. The molecule has 26 heavy (non-hydrogen) atoms. The average Bonchev–Trinajstić information content (AvgIpc) is 3.01. The quantitative estimate of drug-likeness (QED) is 0.596. The fourth-order valence-corrected chi connectivity index (χ4v) is 2.67. The number of aromatic nitrogens is 2. The monoisotopic (exact) mass is 372 g/mol. The Morgan fingerprint density at radius 2 is 1.88 bits per heavy atom. The van der Waals surface area contributed by atoms with E-state index < -0.39 is 5.97 Å². The van der Waals surface area contributed by atoms with Crippen LogP contribution in [0.3, 0.4) is 0 Å². The van der Waals surface area contributed by atoms with Gasteiger partial charge in [0.1, 0.15) is 5.82 Å². The summed E-state index contributed by atoms with van der Waals surface area (Å²) in [7, 11) is 0. The highest BCUT2D eigenvalue weighted by Crippen LogP contribution is 2.28. The standard InChI is InChI=1S/C20H18ClFN2O2/c1-13(2)17-12-19(24(23-17)18-6-4-3-5-16(18)21)26-20(25)11-14-7-9-15(22)10-8-14/h3-10,12-13H,11H2,1-2H3. The minimum absolute atomic E-state index is 0.0327. The second kappa shape index (κ2) is 7.70. The van der Waals surface area contributed by atoms with E-state index in [2.05, 4.69) is 5.10 Å². The minimum atomic E-state index is -0.458. The molecule has 1 aromatic heterocycles. The zero-order valence-electron chi connectivity index (χ0n) is 14.4. The topological polar surface area (TPSA) is 44.1 Å². The Hall–Kier alpha value is -2.66. The predicted octanol–water partition coefficient (Wildman–Crippen LogP) is 4.94. The van der Waals surface area contributed by atoms with E-state index in [1.54, 1.807) is 30.3 Å². The summed E-state index contributed by atoms with van der Waals surface area (Å²) in [6.07, 6.45) is 0.0327. The van der Waals surface area contributed by atoms with Crippen LogP contribution in [0.5, 0.6) is 5.88 Å². The summed E-state index contributed by atoms with van der Waals surface area (Å²) in [5.74, 6) is -0.345. The fraction of sp³-hybridized carbons (Fsp3) is 0.200. The van der Waals surface area contributed by atoms with E-state index in [1.165, 1.54) is 16.8 Å². The highest BCUT2D eigenvalue weighted by atomic mass is 35.5. The number of benzene rings is 2. The molecule has 2 aromatic carbocycles. The number of esters is 1. The Kier molecular flexibility index (Phi) is 5.38. The van der Waals surface area contributed by atoms with Gasteiger partial charge in [-0.15, -0.1) is 0 Å². The van der Waals surface area contributed by atoms with Gasteiger partial charge in [-0.3, -0.25) is 4.79 Å². The SMILES string of the molecule is CC(C)c1cc(OC(=O)Cc2ccc(F)cc2)n(-c2ccccc2Cl)n1. The summed E-state index contributed by atoms with van der Waals surface area (Å²) in [6.45, 7) is 4.01. The van der Waals surface area contributed by atoms with Gasteiger partial charge in [0.15, 0.2) is 0 Å². The first-order valence-electron chi connectivity index (χ1n) is 8.24. The zero-order valence-corrected chi connectivity index (χ0v) is 15.2. The molecule has 0 N–H and O–H groups in total. The second-order valence-electron chi connectivity index (χ2n) is 6.20. The lowest BCUT2D eigenvalue weighted by atomic mass is 10.1. The van der Waals surface area contributed by atoms with Crippen molar-refractivity contribution in [3.63, 3.8) is 0 Å². The minimum Gasteiger partial charge on any atom is -0.407 e. The third-order valence-corrected chi connectivity index (χ3v) is 4.17. The van der Waals surface area contributed by atoms with Crippen LogP contribution in [0.2, 0.25) is 5.02 Å². The summed E-state index contributed by atoms with van der Waals surface area (Å²) >= 11 is 6.26. The van der Waals surface area contributed by atoms with Crippen LogP contribution in [0.25, 0.3) is 5.69 Å². The van der Waals surface area contributed by atoms with Gasteiger partial charge in [0.25, 0.3) is 0 Å². The lowest BCUT2D eigenvalue weighted by molar-refractivity contribution is -0.134. The van der Waals surface area contributed by atoms with Crippen molar-refractivity contribution < 1.29 is 13.9 Å². The van der Waals surface area contributed by atoms with Gasteiger partial charge < -0.3 is 4.74 Å². The Bertz CT molecular complexity index is 920. The van der Waals surface area contributed by atoms with Crippen LogP contribution in [0.4, 0.5) is 4.39 Å². The van der Waals surface area contributed by atoms with E-state index in [0.717, 1.165) is 5.69 Å². The highest BCUT2D eigenvalue weighted by molar-refractivity contribution is 6.32. The summed E-state index contributed by atoms with van der Waals surface area (Å²) in [5, 5.41) is 5.02. The molecule has 0 saturated carbocycles. The molecule has 0 fully saturated rings. The van der Waals surface area contributed by atoms with E-state index >= 15 is 0 Å². The van der Waals surface area contributed by atoms with E-state index in [9.17, 15) is 9.18 Å². The third-order valence-electron chi connectivity index (χ3n) is 3.85. The van der Waals surface area contributed by atoms with Gasteiger partial charge in [-0.1, -0.05) is 49.7 Å². The van der Waals surface area contributed by atoms with Crippen LogP contribution >= 0.6 is 11.6 Å². The molecule has 0 atom stereocenters. The average molecular weight is 373 g/mol. The molecule has 4 nitrogen and oxygen atoms in total. The molecule has 0 amide bonds. The number of ether oxygens (including phenoxy) is 1. The van der Waals surface area contributed by atoms with Crippen LogP contribution < -0.4 is 4.74 Å². The maximum absolute atomic E-state index is 13.0. The zero-order chi connectivity index (χ0) is 18.7. The summed E-state index contributed by atoms with van der Waals surface area (Å²) in [6, 6.07) is 14.7. The van der Waals surface area contributed by atoms with Crippen LogP contribution in [0.15, 0.2) is 54.6 Å². The molecule has 0 aliphatic rings. The number of hydrogen-bond acceptors (Lipinski definition) is 3. The van der Waals surface area contributed by atoms with Crippen molar-refractivity contribution in [2.45, 2.75) is 26.2 Å². The molecule has 0 aliphatic carbocycles. The summed E-state index contributed by atoms with van der Waals surface area (Å²) in [5.41, 5.74) is 2.09. The molecule has 1 heterocycles. The Morgan fingerprint density at radius 3 is 2.54 bits per heavy atom. The molecule has 3 rings (SSSR count). The van der Waals surface area contributed by atoms with Gasteiger partial charge >= 0.3 is 5.97 Å². The van der Waals surface area contributed by atoms with Gasteiger partial charge in [-0.2, -0.15) is 9.78 Å². The first-order chi connectivity index (χ1) is 12.4. The van der Waals surface area contributed by atoms with Crippen LogP contribution in [0.1, 0.15) is 31.0 Å². The molecule has 0 radical (unpaired) electrons. The van der Waals surface area contributed by atoms with E-state index in [-0.39, 0.29) is 18.2 Å². The fourth-order valence-electron chi connectivity index (χ4n) is 2.45. The van der Waals surface area contributed by atoms with Crippen molar-refractivity contribution >= 4 is 17.6 Å². The van der Waals surface area contributed by atoms with Gasteiger partial charge in [0.2, 0.25) is 5.88 Å². The molecule has 6 heteroatoms. The summed E-state index contributed by atoms with van der Waals surface area (Å²) < 4.78 is 20.0. The van der Waals surface area contributed by atoms with E-state index in [0.29, 0.717) is 22.2 Å². The van der Waals surface area contributed by atoms with Gasteiger partial charge in [0.05, 0.1) is 22.8 Å². The van der Waals surface area contributed by atoms with Crippen molar-refractivity contribution in [3.05, 3.63) is 76.7 Å². The van der Waals surface area contributed by atoms with Crippen molar-refractivity contribution in [2.24, 2.45) is 0 Å². The summed E-state index contributed by atoms with van der Waals surface area (Å²) in [4.78, 5) is 12.3. The number of hydrogen-bond donors (Lipinski definition) is 0. The third kappa shape index (κ3) is 4.11. The largest absolute Gasteiger partial charge is 0.407 e. The van der Waals surface area contributed by atoms with Gasteiger partial charge in [0, 0.05) is 6.07 Å². The van der Waals surface area contributed by atoms with Crippen LogP contribution in [0, 0.1) is 5.82 Å². The first kappa shape index (κ1) is 18.1. The van der Waals surface area contributed by atoms with E-state index in [1.807, 2.05) is 26.0 Å². The first-order valence-corrected chi connectivity index (χ1v) is 8.62. The molecule has 134 valence electrons. The molecule has 0 spiro atoms. The van der Waals surface area contributed by atoms with Crippen LogP contribution in [-0.4, -0.2) is 15.7 Å². The molecule has 0 unspecified atom stereocenters. The normalized spacial score (nSPS) is 11.0. The van der Waals surface area contributed by atoms with Crippen molar-refractivity contribution in [3.8, 4) is 11.6 Å². The van der Waals surface area contributed by atoms with Crippen molar-refractivity contribution in [1.29, 1.82) is 0 Å². The van der Waals surface area contributed by atoms with Crippen molar-refractivity contribution in [1.82, 2.24) is 9.78 Å². The second-order valence-corrected chi connectivity index (χ2v) is 6.61. The Morgan fingerprint density at radius 1 is 1.19 bits per heavy atom. The predicted molar refractivity (Wildman–Crippen MR) is 98.4 cm³/mol. The number of carbonyl (C=O) groups excluding carboxylic acids is 1. The van der Waals surface area contributed by atoms with E-state index in [4.69, 9.17) is 16.3 Å². The molecule has 0 saturated heterocycles. The molecule has 3 aromatic rings. The Labute approximate surface area is 156 Å². The highest BCUT2D eigenvalue weighted by Gasteiger charge is 2.18. The molecule has 0 aliphatic heterocycles. The molecular formula is C20H18ClFN2O2. The lowest BCUT2D eigenvalue weighted by Crippen LogP contribution is -2.14. The van der Waals surface area contributed by atoms with Gasteiger partial charge in [-0.05, 0) is 35.7 Å². The number of halogens is 2. The smallest absolute Gasteiger partial charge is 0.316 e. The molecule has 0 bridgehead atoms. The van der Waals surface area contributed by atoms with Gasteiger partial charge in [-0.25, -0.2) is 4.39 Å². The number of rotatable bonds is 5. The number of nitrogens with zero attached hydrogens (tertiary/aromatic N) is 2. The number of carbonyl (C=O) groups is 1. The van der Waals surface area contributed by atoms with Crippen molar-refractivity contribution in [2.75, 3.05) is 0 Å². The maximum Gasteiger partial charge on any atom is 0.316 e. The lowest BCUT2D eigenvalue weighted by Gasteiger charge is -2.09. The molecular weight excluding hydrogens is 355 g/mol.